The number of aromatic nitrogens is 2. The summed E-state index contributed by atoms with van der Waals surface area (Å²) in [7, 11) is 1.60. The highest BCUT2D eigenvalue weighted by molar-refractivity contribution is 9.10. The number of H-pyrrole nitrogens is 1. The number of rotatable bonds is 3. The molecule has 1 heterocycles. The second kappa shape index (κ2) is 6.04. The minimum atomic E-state index is 0.451. The third-order valence-electron chi connectivity index (χ3n) is 3.26. The molecule has 0 radical (unpaired) electrons. The zero-order chi connectivity index (χ0) is 15.5. The third-order valence-corrected chi connectivity index (χ3v) is 3.75. The molecule has 0 unspecified atom stereocenters. The van der Waals surface area contributed by atoms with E-state index in [0.717, 1.165) is 21.1 Å². The number of aromatic amines is 1. The van der Waals surface area contributed by atoms with Gasteiger partial charge in [0.1, 0.15) is 17.6 Å². The molecular weight excluding hydrogens is 342 g/mol. The summed E-state index contributed by atoms with van der Waals surface area (Å²) in [6.07, 6.45) is 1.77. The van der Waals surface area contributed by atoms with E-state index in [-0.39, 0.29) is 0 Å². The highest BCUT2D eigenvalue weighted by Crippen LogP contribution is 2.27. The number of methoxy groups -OCH3 is 1. The van der Waals surface area contributed by atoms with Gasteiger partial charge in [-0.05, 0) is 36.4 Å². The van der Waals surface area contributed by atoms with E-state index in [1.165, 1.54) is 0 Å². The molecule has 1 aromatic heterocycles. The van der Waals surface area contributed by atoms with E-state index < -0.39 is 0 Å². The van der Waals surface area contributed by atoms with E-state index in [1.54, 1.807) is 13.2 Å². The van der Waals surface area contributed by atoms with Crippen molar-refractivity contribution in [3.05, 3.63) is 58.3 Å². The summed E-state index contributed by atoms with van der Waals surface area (Å²) < 4.78 is 6.25. The molecule has 0 bridgehead atoms. The van der Waals surface area contributed by atoms with Crippen molar-refractivity contribution in [3.63, 3.8) is 0 Å². The Kier molecular flexibility index (Phi) is 3.94. The third kappa shape index (κ3) is 2.74. The molecule has 22 heavy (non-hydrogen) atoms. The Bertz CT molecular complexity index is 873. The topological polar surface area (TPSA) is 61.7 Å². The average molecular weight is 354 g/mol. The zero-order valence-electron chi connectivity index (χ0n) is 11.8. The van der Waals surface area contributed by atoms with Crippen molar-refractivity contribution in [2.24, 2.45) is 0 Å². The molecule has 1 N–H and O–H groups in total. The van der Waals surface area contributed by atoms with Gasteiger partial charge in [-0.15, -0.1) is 0 Å². The van der Waals surface area contributed by atoms with E-state index in [0.29, 0.717) is 17.1 Å². The van der Waals surface area contributed by atoms with Crippen LogP contribution in [0.4, 0.5) is 0 Å². The van der Waals surface area contributed by atoms with Gasteiger partial charge in [0.15, 0.2) is 0 Å². The molecule has 4 nitrogen and oxygen atoms in total. The highest BCUT2D eigenvalue weighted by atomic mass is 79.9. The second-order valence-corrected chi connectivity index (χ2v) is 5.57. The van der Waals surface area contributed by atoms with E-state index in [1.807, 2.05) is 42.5 Å². The van der Waals surface area contributed by atoms with Crippen LogP contribution in [-0.2, 0) is 0 Å². The summed E-state index contributed by atoms with van der Waals surface area (Å²) in [6.45, 7) is 0. The van der Waals surface area contributed by atoms with Gasteiger partial charge in [0.2, 0.25) is 0 Å². The van der Waals surface area contributed by atoms with Crippen LogP contribution in [0.15, 0.2) is 46.9 Å². The number of fused-ring (bicyclic) bond motifs is 1. The van der Waals surface area contributed by atoms with Crippen molar-refractivity contribution < 1.29 is 4.74 Å². The van der Waals surface area contributed by atoms with Gasteiger partial charge in [0.25, 0.3) is 0 Å². The zero-order valence-corrected chi connectivity index (χ0v) is 13.4. The molecule has 2 aromatic carbocycles. The maximum Gasteiger partial charge on any atom is 0.149 e. The van der Waals surface area contributed by atoms with Crippen LogP contribution < -0.4 is 4.74 Å². The van der Waals surface area contributed by atoms with Crippen LogP contribution in [0.3, 0.4) is 0 Å². The molecule has 0 amide bonds. The van der Waals surface area contributed by atoms with E-state index >= 15 is 0 Å². The van der Waals surface area contributed by atoms with Gasteiger partial charge in [-0.2, -0.15) is 5.26 Å². The number of nitrogens with one attached hydrogen (secondary N) is 1. The van der Waals surface area contributed by atoms with Gasteiger partial charge in [0, 0.05) is 10.0 Å². The van der Waals surface area contributed by atoms with Crippen molar-refractivity contribution in [1.29, 1.82) is 5.26 Å². The van der Waals surface area contributed by atoms with Crippen LogP contribution in [0.1, 0.15) is 11.4 Å². The minimum absolute atomic E-state index is 0.451. The van der Waals surface area contributed by atoms with Gasteiger partial charge in [0.05, 0.1) is 23.7 Å². The predicted octanol–water partition coefficient (Wildman–Crippen LogP) is 4.40. The lowest BCUT2D eigenvalue weighted by Gasteiger charge is -2.05. The summed E-state index contributed by atoms with van der Waals surface area (Å²) in [6, 6.07) is 15.5. The number of ether oxygens (including phenoxy) is 1. The van der Waals surface area contributed by atoms with Gasteiger partial charge in [-0.25, -0.2) is 4.98 Å². The summed E-state index contributed by atoms with van der Waals surface area (Å²) in [5, 5.41) is 9.47. The first-order valence-electron chi connectivity index (χ1n) is 6.61. The molecule has 0 spiro atoms. The van der Waals surface area contributed by atoms with Gasteiger partial charge in [-0.1, -0.05) is 28.1 Å². The molecule has 0 saturated carbocycles. The molecule has 0 aliphatic rings. The SMILES string of the molecule is COc1ccc(Br)cc1/C=C(\C#N)c1nc2ccccc2[nH]1. The number of para-hydroxylation sites is 2. The maximum atomic E-state index is 9.47. The summed E-state index contributed by atoms with van der Waals surface area (Å²) >= 11 is 3.43. The number of halogens is 1. The van der Waals surface area contributed by atoms with Crippen LogP contribution in [-0.4, -0.2) is 17.1 Å². The van der Waals surface area contributed by atoms with Crippen LogP contribution in [0.2, 0.25) is 0 Å². The first kappa shape index (κ1) is 14.4. The van der Waals surface area contributed by atoms with E-state index in [2.05, 4.69) is 32.0 Å². The number of nitriles is 1. The number of allylic oxidation sites excluding steroid dienone is 1. The first-order valence-corrected chi connectivity index (χ1v) is 7.41. The Morgan fingerprint density at radius 1 is 1.32 bits per heavy atom. The minimum Gasteiger partial charge on any atom is -0.496 e. The first-order chi connectivity index (χ1) is 10.7. The van der Waals surface area contributed by atoms with Crippen LogP contribution in [0.5, 0.6) is 5.75 Å². The molecule has 3 rings (SSSR count). The summed E-state index contributed by atoms with van der Waals surface area (Å²) in [5.74, 6) is 1.25. The lowest BCUT2D eigenvalue weighted by Crippen LogP contribution is -1.89. The van der Waals surface area contributed by atoms with Crippen molar-refractivity contribution in [3.8, 4) is 11.8 Å². The molecule has 0 saturated heterocycles. The van der Waals surface area contributed by atoms with E-state index in [4.69, 9.17) is 4.74 Å². The van der Waals surface area contributed by atoms with Gasteiger partial charge >= 0.3 is 0 Å². The number of hydrogen-bond acceptors (Lipinski definition) is 3. The predicted molar refractivity (Wildman–Crippen MR) is 90.3 cm³/mol. The Morgan fingerprint density at radius 3 is 2.86 bits per heavy atom. The fourth-order valence-corrected chi connectivity index (χ4v) is 2.59. The summed E-state index contributed by atoms with van der Waals surface area (Å²) in [5.41, 5.74) is 3.00. The molecule has 5 heteroatoms. The lowest BCUT2D eigenvalue weighted by atomic mass is 10.1. The van der Waals surface area contributed by atoms with Crippen molar-refractivity contribution >= 4 is 38.6 Å². The van der Waals surface area contributed by atoms with Gasteiger partial charge in [-0.3, -0.25) is 0 Å². The number of imidazole rings is 1. The fraction of sp³-hybridized carbons (Fsp3) is 0.0588. The molecule has 0 atom stereocenters. The molecule has 0 aliphatic carbocycles. The quantitative estimate of drug-likeness (QED) is 0.709. The largest absolute Gasteiger partial charge is 0.496 e. The molecule has 0 fully saturated rings. The molecule has 3 aromatic rings. The standard InChI is InChI=1S/C17H12BrN3O/c1-22-16-7-6-13(18)9-11(16)8-12(10-19)17-20-14-4-2-3-5-15(14)21-17/h2-9H,1H3,(H,20,21)/b12-8+. The Balaban J connectivity index is 2.11. The molecule has 108 valence electrons. The van der Waals surface area contributed by atoms with Crippen LogP contribution in [0.25, 0.3) is 22.7 Å². The normalized spacial score (nSPS) is 11.4. The van der Waals surface area contributed by atoms with Crippen LogP contribution >= 0.6 is 15.9 Å². The van der Waals surface area contributed by atoms with Crippen molar-refractivity contribution in [1.82, 2.24) is 9.97 Å². The number of benzene rings is 2. The maximum absolute atomic E-state index is 9.47. The highest BCUT2D eigenvalue weighted by Gasteiger charge is 2.09. The second-order valence-electron chi connectivity index (χ2n) is 4.66. The lowest BCUT2D eigenvalue weighted by molar-refractivity contribution is 0.414. The van der Waals surface area contributed by atoms with Crippen molar-refractivity contribution in [2.45, 2.75) is 0 Å². The number of nitrogens with zero attached hydrogens (tertiary/aromatic N) is 2. The van der Waals surface area contributed by atoms with Gasteiger partial charge < -0.3 is 9.72 Å². The molecule has 0 aliphatic heterocycles. The number of hydrogen-bond donors (Lipinski definition) is 1. The Labute approximate surface area is 136 Å². The summed E-state index contributed by atoms with van der Waals surface area (Å²) in [4.78, 5) is 7.62. The average Bonchev–Trinajstić information content (AvgIpc) is 2.96. The molecular formula is C17H12BrN3O. The Hall–Kier alpha value is -2.58. The van der Waals surface area contributed by atoms with Crippen LogP contribution in [0, 0.1) is 11.3 Å². The fourth-order valence-electron chi connectivity index (χ4n) is 2.21. The smallest absolute Gasteiger partial charge is 0.149 e. The van der Waals surface area contributed by atoms with Crippen molar-refractivity contribution in [2.75, 3.05) is 7.11 Å². The monoisotopic (exact) mass is 353 g/mol. The Morgan fingerprint density at radius 2 is 2.14 bits per heavy atom. The van der Waals surface area contributed by atoms with E-state index in [9.17, 15) is 5.26 Å².